The summed E-state index contributed by atoms with van der Waals surface area (Å²) in [6.07, 6.45) is 0. The van der Waals surface area contributed by atoms with Crippen LogP contribution >= 0.6 is 11.8 Å². The maximum Gasteiger partial charge on any atom is 0.337 e. The molecular formula is C10H16N2O5S. The molecule has 18 heavy (non-hydrogen) atoms. The first-order valence-electron chi connectivity index (χ1n) is 5.26. The number of amides is 1. The second-order valence-corrected chi connectivity index (χ2v) is 6.08. The Morgan fingerprint density at radius 3 is 2.39 bits per heavy atom. The molecule has 7 nitrogen and oxygen atoms in total. The lowest BCUT2D eigenvalue weighted by molar-refractivity contribution is -0.156. The number of thioether (sulfide) groups is 1. The van der Waals surface area contributed by atoms with Gasteiger partial charge in [0.25, 0.3) is 0 Å². The smallest absolute Gasteiger partial charge is 0.337 e. The number of methoxy groups -OCH3 is 1. The molecule has 0 bridgehead atoms. The van der Waals surface area contributed by atoms with Crippen molar-refractivity contribution in [3.63, 3.8) is 0 Å². The minimum Gasteiger partial charge on any atom is -0.479 e. The second-order valence-electron chi connectivity index (χ2n) is 4.34. The van der Waals surface area contributed by atoms with E-state index in [1.54, 1.807) is 13.8 Å². The summed E-state index contributed by atoms with van der Waals surface area (Å²) in [5, 5.41) is 8.00. The fourth-order valence-electron chi connectivity index (χ4n) is 1.94. The van der Waals surface area contributed by atoms with Crippen molar-refractivity contribution in [2.24, 2.45) is 5.73 Å². The first-order valence-corrected chi connectivity index (χ1v) is 6.14. The van der Waals surface area contributed by atoms with Gasteiger partial charge < -0.3 is 20.5 Å². The van der Waals surface area contributed by atoms with Crippen molar-refractivity contribution in [2.75, 3.05) is 13.7 Å². The minimum absolute atomic E-state index is 0.353. The third-order valence-corrected chi connectivity index (χ3v) is 4.19. The predicted molar refractivity (Wildman–Crippen MR) is 64.8 cm³/mol. The van der Waals surface area contributed by atoms with E-state index in [2.05, 4.69) is 4.74 Å². The van der Waals surface area contributed by atoms with Gasteiger partial charge in [-0.05, 0) is 13.8 Å². The van der Waals surface area contributed by atoms with Crippen molar-refractivity contribution in [2.45, 2.75) is 30.0 Å². The van der Waals surface area contributed by atoms with Crippen LogP contribution in [-0.4, -0.2) is 57.7 Å². The van der Waals surface area contributed by atoms with Crippen LogP contribution in [0, 0.1) is 0 Å². The Balaban J connectivity index is 3.20. The topological polar surface area (TPSA) is 110 Å². The van der Waals surface area contributed by atoms with Gasteiger partial charge in [-0.2, -0.15) is 0 Å². The van der Waals surface area contributed by atoms with Gasteiger partial charge in [0.1, 0.15) is 6.04 Å². The highest BCUT2D eigenvalue weighted by Crippen LogP contribution is 2.44. The molecule has 3 N–H and O–H groups in total. The molecule has 1 heterocycles. The third-order valence-electron chi connectivity index (χ3n) is 2.70. The molecule has 0 radical (unpaired) electrons. The van der Waals surface area contributed by atoms with Gasteiger partial charge in [-0.25, -0.2) is 9.59 Å². The van der Waals surface area contributed by atoms with Crippen LogP contribution in [0.3, 0.4) is 0 Å². The minimum atomic E-state index is -1.18. The first kappa shape index (κ1) is 14.8. The standard InChI is InChI=1S/C10H16N2O5S/c1-10(2)6(9(16)17-3)12(5(13)4-11)7(18-10)8(14)15/h6-7H,4,11H2,1-3H3,(H,14,15). The number of carboxylic acid groups (broad SMARTS) is 1. The van der Waals surface area contributed by atoms with Gasteiger partial charge in [-0.3, -0.25) is 4.79 Å². The molecule has 1 amide bonds. The van der Waals surface area contributed by atoms with Crippen molar-refractivity contribution < 1.29 is 24.2 Å². The Morgan fingerprint density at radius 1 is 1.44 bits per heavy atom. The summed E-state index contributed by atoms with van der Waals surface area (Å²) in [6, 6.07) is -0.954. The number of esters is 1. The summed E-state index contributed by atoms with van der Waals surface area (Å²) >= 11 is 1.03. The number of hydrogen-bond acceptors (Lipinski definition) is 6. The average molecular weight is 276 g/mol. The molecule has 0 aliphatic carbocycles. The molecular weight excluding hydrogens is 260 g/mol. The number of carbonyl (C=O) groups excluding carboxylic acids is 2. The van der Waals surface area contributed by atoms with Crippen LogP contribution in [0.2, 0.25) is 0 Å². The quantitative estimate of drug-likeness (QED) is 0.653. The Kier molecular flexibility index (Phi) is 4.23. The van der Waals surface area contributed by atoms with Gasteiger partial charge in [0.15, 0.2) is 5.37 Å². The summed E-state index contributed by atoms with van der Waals surface area (Å²) in [7, 11) is 1.20. The predicted octanol–water partition coefficient (Wildman–Crippen LogP) is -0.749. The van der Waals surface area contributed by atoms with E-state index >= 15 is 0 Å². The van der Waals surface area contributed by atoms with E-state index in [-0.39, 0.29) is 6.54 Å². The Labute approximate surface area is 109 Å². The van der Waals surface area contributed by atoms with Crippen molar-refractivity contribution in [1.29, 1.82) is 0 Å². The largest absolute Gasteiger partial charge is 0.479 e. The van der Waals surface area contributed by atoms with Crippen LogP contribution in [0.25, 0.3) is 0 Å². The maximum atomic E-state index is 11.8. The van der Waals surface area contributed by atoms with Crippen molar-refractivity contribution in [1.82, 2.24) is 4.90 Å². The lowest BCUT2D eigenvalue weighted by atomic mass is 10.0. The molecule has 0 aromatic carbocycles. The molecule has 1 aliphatic rings. The van der Waals surface area contributed by atoms with E-state index in [9.17, 15) is 14.4 Å². The fraction of sp³-hybridized carbons (Fsp3) is 0.700. The molecule has 1 saturated heterocycles. The molecule has 1 aliphatic heterocycles. The average Bonchev–Trinajstić information content (AvgIpc) is 2.59. The highest BCUT2D eigenvalue weighted by Gasteiger charge is 2.55. The van der Waals surface area contributed by atoms with Crippen molar-refractivity contribution >= 4 is 29.6 Å². The van der Waals surface area contributed by atoms with Crippen molar-refractivity contribution in [3.8, 4) is 0 Å². The molecule has 0 spiro atoms. The monoisotopic (exact) mass is 276 g/mol. The number of aliphatic carboxylic acids is 1. The first-order chi connectivity index (χ1) is 8.26. The molecule has 2 unspecified atom stereocenters. The van der Waals surface area contributed by atoms with E-state index < -0.39 is 34.0 Å². The Morgan fingerprint density at radius 2 is 2.00 bits per heavy atom. The lowest BCUT2D eigenvalue weighted by Crippen LogP contribution is -2.54. The van der Waals surface area contributed by atoms with Gasteiger partial charge in [0.2, 0.25) is 5.91 Å². The van der Waals surface area contributed by atoms with Gasteiger partial charge in [-0.15, -0.1) is 11.8 Å². The van der Waals surface area contributed by atoms with Gasteiger partial charge >= 0.3 is 11.9 Å². The Hall–Kier alpha value is -1.28. The number of ether oxygens (including phenoxy) is 1. The summed E-state index contributed by atoms with van der Waals surface area (Å²) in [5.74, 6) is -2.41. The van der Waals surface area contributed by atoms with E-state index in [1.807, 2.05) is 0 Å². The molecule has 1 rings (SSSR count). The number of carbonyl (C=O) groups is 3. The molecule has 2 atom stereocenters. The van der Waals surface area contributed by atoms with E-state index in [0.29, 0.717) is 0 Å². The highest BCUT2D eigenvalue weighted by molar-refractivity contribution is 8.02. The van der Waals surface area contributed by atoms with Crippen molar-refractivity contribution in [3.05, 3.63) is 0 Å². The van der Waals surface area contributed by atoms with E-state index in [1.165, 1.54) is 7.11 Å². The van der Waals surface area contributed by atoms with Crippen LogP contribution in [-0.2, 0) is 19.1 Å². The highest BCUT2D eigenvalue weighted by atomic mass is 32.2. The molecule has 0 aromatic heterocycles. The number of hydrogen-bond donors (Lipinski definition) is 2. The number of carboxylic acids is 1. The van der Waals surface area contributed by atoms with Gasteiger partial charge in [-0.1, -0.05) is 0 Å². The molecule has 0 saturated carbocycles. The molecule has 1 fully saturated rings. The molecule has 0 aromatic rings. The van der Waals surface area contributed by atoms with Crippen LogP contribution in [0.5, 0.6) is 0 Å². The van der Waals surface area contributed by atoms with E-state index in [0.717, 1.165) is 16.7 Å². The zero-order valence-corrected chi connectivity index (χ0v) is 11.2. The SMILES string of the molecule is COC(=O)C1N(C(=O)CN)C(C(=O)O)SC1(C)C. The van der Waals surface area contributed by atoms with Gasteiger partial charge in [0.05, 0.1) is 13.7 Å². The summed E-state index contributed by atoms with van der Waals surface area (Å²) in [5.41, 5.74) is 5.26. The normalized spacial score (nSPS) is 25.9. The Bertz CT molecular complexity index is 384. The van der Waals surface area contributed by atoms with Gasteiger partial charge in [0, 0.05) is 4.75 Å². The summed E-state index contributed by atoms with van der Waals surface area (Å²) in [6.45, 7) is 3.03. The van der Waals surface area contributed by atoms with E-state index in [4.69, 9.17) is 10.8 Å². The molecule has 102 valence electrons. The van der Waals surface area contributed by atoms with Crippen LogP contribution in [0.1, 0.15) is 13.8 Å². The van der Waals surface area contributed by atoms with Crippen LogP contribution in [0.4, 0.5) is 0 Å². The number of nitrogens with two attached hydrogens (primary N) is 1. The maximum absolute atomic E-state index is 11.8. The third kappa shape index (κ3) is 2.44. The molecule has 8 heteroatoms. The number of nitrogens with zero attached hydrogens (tertiary/aromatic N) is 1. The second kappa shape index (κ2) is 5.15. The summed E-state index contributed by atoms with van der Waals surface area (Å²) < 4.78 is 3.89. The van der Waals surface area contributed by atoms with Crippen LogP contribution < -0.4 is 5.73 Å². The lowest BCUT2D eigenvalue weighted by Gasteiger charge is -2.29. The zero-order valence-electron chi connectivity index (χ0n) is 10.4. The number of rotatable bonds is 3. The summed E-state index contributed by atoms with van der Waals surface area (Å²) in [4.78, 5) is 35.7. The zero-order chi connectivity index (χ0) is 14.1. The van der Waals surface area contributed by atoms with Crippen LogP contribution in [0.15, 0.2) is 0 Å². The fourth-order valence-corrected chi connectivity index (χ4v) is 3.31.